The van der Waals surface area contributed by atoms with Crippen molar-refractivity contribution in [2.75, 3.05) is 5.73 Å². The first-order valence-electron chi connectivity index (χ1n) is 6.09. The number of anilines is 1. The molecule has 3 N–H and O–H groups in total. The van der Waals surface area contributed by atoms with Gasteiger partial charge in [0.05, 0.1) is 0 Å². The maximum absolute atomic E-state index is 11.0. The lowest BCUT2D eigenvalue weighted by Gasteiger charge is -2.30. The van der Waals surface area contributed by atoms with Crippen LogP contribution in [0.2, 0.25) is 0 Å². The van der Waals surface area contributed by atoms with E-state index >= 15 is 0 Å². The van der Waals surface area contributed by atoms with Crippen LogP contribution in [0.1, 0.15) is 30.0 Å². The van der Waals surface area contributed by atoms with E-state index < -0.39 is 5.60 Å². The van der Waals surface area contributed by atoms with Crippen LogP contribution in [0.15, 0.2) is 42.6 Å². The highest BCUT2D eigenvalue weighted by Crippen LogP contribution is 2.37. The SMILES string of the molecule is CCC(O)(c1ccccc1)c1c(C)ccnc1N. The van der Waals surface area contributed by atoms with Crippen molar-refractivity contribution in [3.05, 3.63) is 59.3 Å². The molecule has 2 aromatic rings. The number of aryl methyl sites for hydroxylation is 1. The number of benzene rings is 1. The lowest BCUT2D eigenvalue weighted by molar-refractivity contribution is 0.0764. The third-order valence-corrected chi connectivity index (χ3v) is 3.37. The van der Waals surface area contributed by atoms with Gasteiger partial charge in [0, 0.05) is 11.8 Å². The molecule has 2 rings (SSSR count). The molecule has 0 radical (unpaired) electrons. The van der Waals surface area contributed by atoms with Crippen molar-refractivity contribution in [2.45, 2.75) is 25.9 Å². The van der Waals surface area contributed by atoms with Gasteiger partial charge in [-0.25, -0.2) is 4.98 Å². The molecule has 0 spiro atoms. The molecule has 0 aliphatic carbocycles. The van der Waals surface area contributed by atoms with Gasteiger partial charge in [-0.3, -0.25) is 0 Å². The van der Waals surface area contributed by atoms with Crippen LogP contribution in [0.25, 0.3) is 0 Å². The summed E-state index contributed by atoms with van der Waals surface area (Å²) >= 11 is 0. The van der Waals surface area contributed by atoms with E-state index in [0.717, 1.165) is 11.1 Å². The third-order valence-electron chi connectivity index (χ3n) is 3.37. The Kier molecular flexibility index (Phi) is 3.34. The Labute approximate surface area is 107 Å². The van der Waals surface area contributed by atoms with Crippen molar-refractivity contribution < 1.29 is 5.11 Å². The molecule has 0 saturated heterocycles. The van der Waals surface area contributed by atoms with Crippen molar-refractivity contribution in [1.29, 1.82) is 0 Å². The molecule has 0 aliphatic heterocycles. The van der Waals surface area contributed by atoms with E-state index in [1.807, 2.05) is 50.2 Å². The summed E-state index contributed by atoms with van der Waals surface area (Å²) in [4.78, 5) is 4.10. The van der Waals surface area contributed by atoms with E-state index in [9.17, 15) is 5.11 Å². The van der Waals surface area contributed by atoms with E-state index in [1.54, 1.807) is 6.20 Å². The lowest BCUT2D eigenvalue weighted by Crippen LogP contribution is -2.29. The van der Waals surface area contributed by atoms with Gasteiger partial charge in [0.2, 0.25) is 0 Å². The number of hydrogen-bond acceptors (Lipinski definition) is 3. The second kappa shape index (κ2) is 4.78. The molecule has 1 atom stereocenters. The van der Waals surface area contributed by atoms with Crippen LogP contribution in [-0.2, 0) is 5.60 Å². The Bertz CT molecular complexity index is 519. The predicted molar refractivity (Wildman–Crippen MR) is 73.1 cm³/mol. The average molecular weight is 242 g/mol. The first-order chi connectivity index (χ1) is 8.59. The van der Waals surface area contributed by atoms with Gasteiger partial charge < -0.3 is 10.8 Å². The summed E-state index contributed by atoms with van der Waals surface area (Å²) in [6.45, 7) is 3.88. The number of rotatable bonds is 3. The van der Waals surface area contributed by atoms with Gasteiger partial charge >= 0.3 is 0 Å². The molecular formula is C15H18N2O. The number of nitrogen functional groups attached to an aromatic ring is 1. The summed E-state index contributed by atoms with van der Waals surface area (Å²) in [5.41, 5.74) is 7.37. The fourth-order valence-electron chi connectivity index (χ4n) is 2.36. The normalized spacial score (nSPS) is 14.2. The molecule has 0 fully saturated rings. The Hall–Kier alpha value is -1.87. The average Bonchev–Trinajstić information content (AvgIpc) is 2.39. The first-order valence-corrected chi connectivity index (χ1v) is 6.09. The fourth-order valence-corrected chi connectivity index (χ4v) is 2.36. The molecule has 0 aliphatic rings. The second-order valence-corrected chi connectivity index (χ2v) is 4.47. The molecule has 3 nitrogen and oxygen atoms in total. The number of nitrogens with two attached hydrogens (primary N) is 1. The monoisotopic (exact) mass is 242 g/mol. The van der Waals surface area contributed by atoms with Gasteiger partial charge in [-0.2, -0.15) is 0 Å². The largest absolute Gasteiger partial charge is 0.383 e. The molecule has 1 aromatic carbocycles. The number of aliphatic hydroxyl groups is 1. The number of hydrogen-bond donors (Lipinski definition) is 2. The van der Waals surface area contributed by atoms with Crippen molar-refractivity contribution in [3.8, 4) is 0 Å². The topological polar surface area (TPSA) is 59.1 Å². The molecule has 0 amide bonds. The minimum absolute atomic E-state index is 0.392. The van der Waals surface area contributed by atoms with Crippen molar-refractivity contribution in [2.24, 2.45) is 0 Å². The highest BCUT2D eigenvalue weighted by atomic mass is 16.3. The summed E-state index contributed by atoms with van der Waals surface area (Å²) in [5.74, 6) is 0.392. The molecule has 0 bridgehead atoms. The number of aromatic nitrogens is 1. The van der Waals surface area contributed by atoms with Crippen molar-refractivity contribution in [3.63, 3.8) is 0 Å². The van der Waals surface area contributed by atoms with E-state index in [4.69, 9.17) is 5.73 Å². The zero-order valence-electron chi connectivity index (χ0n) is 10.7. The molecule has 94 valence electrons. The zero-order chi connectivity index (χ0) is 13.2. The molecule has 18 heavy (non-hydrogen) atoms. The third kappa shape index (κ3) is 1.97. The molecule has 1 heterocycles. The molecule has 0 saturated carbocycles. The maximum atomic E-state index is 11.0. The van der Waals surface area contributed by atoms with Gasteiger partial charge in [-0.15, -0.1) is 0 Å². The highest BCUT2D eigenvalue weighted by molar-refractivity contribution is 5.52. The Balaban J connectivity index is 2.65. The Morgan fingerprint density at radius 1 is 1.22 bits per heavy atom. The fraction of sp³-hybridized carbons (Fsp3) is 0.267. The second-order valence-electron chi connectivity index (χ2n) is 4.47. The molecule has 3 heteroatoms. The van der Waals surface area contributed by atoms with Crippen molar-refractivity contribution >= 4 is 5.82 Å². The van der Waals surface area contributed by atoms with E-state index in [-0.39, 0.29) is 0 Å². The van der Waals surface area contributed by atoms with Gasteiger partial charge in [0.1, 0.15) is 11.4 Å². The van der Waals surface area contributed by atoms with Crippen LogP contribution >= 0.6 is 0 Å². The van der Waals surface area contributed by atoms with Gasteiger partial charge in [0.25, 0.3) is 0 Å². The van der Waals surface area contributed by atoms with Gasteiger partial charge in [-0.1, -0.05) is 37.3 Å². The summed E-state index contributed by atoms with van der Waals surface area (Å²) < 4.78 is 0. The van der Waals surface area contributed by atoms with Crippen molar-refractivity contribution in [1.82, 2.24) is 4.98 Å². The van der Waals surface area contributed by atoms with Gasteiger partial charge in [-0.05, 0) is 30.5 Å². The zero-order valence-corrected chi connectivity index (χ0v) is 10.7. The van der Waals surface area contributed by atoms with Gasteiger partial charge in [0.15, 0.2) is 0 Å². The van der Waals surface area contributed by atoms with Crippen LogP contribution in [-0.4, -0.2) is 10.1 Å². The standard InChI is InChI=1S/C15H18N2O/c1-3-15(18,12-7-5-4-6-8-12)13-11(2)9-10-17-14(13)16/h4-10,18H,3H2,1-2H3,(H2,16,17). The lowest BCUT2D eigenvalue weighted by atomic mass is 9.82. The predicted octanol–water partition coefficient (Wildman–Crippen LogP) is 2.62. The van der Waals surface area contributed by atoms with Crippen LogP contribution in [0.3, 0.4) is 0 Å². The summed E-state index contributed by atoms with van der Waals surface area (Å²) in [6, 6.07) is 11.5. The molecule has 1 unspecified atom stereocenters. The van der Waals surface area contributed by atoms with E-state index in [2.05, 4.69) is 4.98 Å². The number of nitrogens with zero attached hydrogens (tertiary/aromatic N) is 1. The molecular weight excluding hydrogens is 224 g/mol. The summed E-state index contributed by atoms with van der Waals surface area (Å²) in [5, 5.41) is 11.0. The smallest absolute Gasteiger partial charge is 0.130 e. The summed E-state index contributed by atoms with van der Waals surface area (Å²) in [6.07, 6.45) is 2.21. The van der Waals surface area contributed by atoms with Crippen LogP contribution in [0.4, 0.5) is 5.82 Å². The first kappa shape index (κ1) is 12.6. The minimum Gasteiger partial charge on any atom is -0.383 e. The van der Waals surface area contributed by atoms with Crippen LogP contribution in [0, 0.1) is 6.92 Å². The quantitative estimate of drug-likeness (QED) is 0.869. The van der Waals surface area contributed by atoms with E-state index in [0.29, 0.717) is 17.8 Å². The minimum atomic E-state index is -1.08. The maximum Gasteiger partial charge on any atom is 0.130 e. The van der Waals surface area contributed by atoms with E-state index in [1.165, 1.54) is 0 Å². The summed E-state index contributed by atoms with van der Waals surface area (Å²) in [7, 11) is 0. The number of pyridine rings is 1. The van der Waals surface area contributed by atoms with Crippen LogP contribution in [0.5, 0.6) is 0 Å². The Morgan fingerprint density at radius 3 is 2.44 bits per heavy atom. The highest BCUT2D eigenvalue weighted by Gasteiger charge is 2.33. The molecule has 1 aromatic heterocycles. The van der Waals surface area contributed by atoms with Crippen LogP contribution < -0.4 is 5.73 Å². The Morgan fingerprint density at radius 2 is 1.89 bits per heavy atom.